The van der Waals surface area contributed by atoms with Gasteiger partial charge in [0, 0.05) is 25.8 Å². The minimum Gasteiger partial charge on any atom is -0.357 e. The Kier molecular flexibility index (Phi) is 4.23. The summed E-state index contributed by atoms with van der Waals surface area (Å²) in [5.74, 6) is 1.13. The minimum absolute atomic E-state index is 0.544. The van der Waals surface area contributed by atoms with E-state index in [1.54, 1.807) is 0 Å². The van der Waals surface area contributed by atoms with Crippen molar-refractivity contribution >= 4 is 5.82 Å². The third-order valence-corrected chi connectivity index (χ3v) is 4.34. The van der Waals surface area contributed by atoms with Gasteiger partial charge in [-0.15, -0.1) is 0 Å². The van der Waals surface area contributed by atoms with Gasteiger partial charge in [0.05, 0.1) is 0 Å². The van der Waals surface area contributed by atoms with Crippen molar-refractivity contribution in [3.8, 4) is 0 Å². The SMILES string of the molecule is CCC1(C)CCN(c2ccc(CNC)cn2)CC1. The van der Waals surface area contributed by atoms with Gasteiger partial charge in [-0.05, 0) is 36.9 Å². The average Bonchev–Trinajstić information content (AvgIpc) is 2.41. The summed E-state index contributed by atoms with van der Waals surface area (Å²) < 4.78 is 0. The molecule has 1 N–H and O–H groups in total. The maximum Gasteiger partial charge on any atom is 0.128 e. The van der Waals surface area contributed by atoms with Crippen molar-refractivity contribution in [1.29, 1.82) is 0 Å². The van der Waals surface area contributed by atoms with Crippen molar-refractivity contribution < 1.29 is 0 Å². The van der Waals surface area contributed by atoms with Gasteiger partial charge in [-0.3, -0.25) is 0 Å². The summed E-state index contributed by atoms with van der Waals surface area (Å²) in [7, 11) is 1.96. The molecule has 0 atom stereocenters. The molecular formula is C15H25N3. The fourth-order valence-electron chi connectivity index (χ4n) is 2.54. The molecule has 0 aromatic carbocycles. The van der Waals surface area contributed by atoms with E-state index in [0.29, 0.717) is 5.41 Å². The van der Waals surface area contributed by atoms with Crippen LogP contribution in [0.4, 0.5) is 5.82 Å². The topological polar surface area (TPSA) is 28.2 Å². The van der Waals surface area contributed by atoms with Crippen LogP contribution >= 0.6 is 0 Å². The van der Waals surface area contributed by atoms with Crippen LogP contribution in [-0.2, 0) is 6.54 Å². The van der Waals surface area contributed by atoms with Crippen LogP contribution in [0, 0.1) is 5.41 Å². The highest BCUT2D eigenvalue weighted by Gasteiger charge is 2.28. The Morgan fingerprint density at radius 3 is 2.56 bits per heavy atom. The number of aromatic nitrogens is 1. The van der Waals surface area contributed by atoms with E-state index in [9.17, 15) is 0 Å². The molecule has 0 saturated carbocycles. The van der Waals surface area contributed by atoms with Crippen LogP contribution in [0.5, 0.6) is 0 Å². The molecule has 1 aliphatic rings. The first-order valence-corrected chi connectivity index (χ1v) is 7.01. The quantitative estimate of drug-likeness (QED) is 0.887. The lowest BCUT2D eigenvalue weighted by molar-refractivity contribution is 0.238. The van der Waals surface area contributed by atoms with Gasteiger partial charge in [-0.25, -0.2) is 4.98 Å². The van der Waals surface area contributed by atoms with E-state index in [4.69, 9.17) is 0 Å². The molecule has 0 spiro atoms. The maximum absolute atomic E-state index is 4.58. The van der Waals surface area contributed by atoms with Crippen molar-refractivity contribution in [3.05, 3.63) is 23.9 Å². The van der Waals surface area contributed by atoms with E-state index in [2.05, 4.69) is 41.2 Å². The predicted molar refractivity (Wildman–Crippen MR) is 76.8 cm³/mol. The minimum atomic E-state index is 0.544. The summed E-state index contributed by atoms with van der Waals surface area (Å²) in [6, 6.07) is 4.33. The van der Waals surface area contributed by atoms with E-state index in [-0.39, 0.29) is 0 Å². The van der Waals surface area contributed by atoms with Crippen molar-refractivity contribution in [2.75, 3.05) is 25.0 Å². The lowest BCUT2D eigenvalue weighted by Crippen LogP contribution is -2.38. The molecule has 0 bridgehead atoms. The smallest absolute Gasteiger partial charge is 0.128 e. The first-order chi connectivity index (χ1) is 8.67. The molecule has 100 valence electrons. The lowest BCUT2D eigenvalue weighted by Gasteiger charge is -2.39. The van der Waals surface area contributed by atoms with Gasteiger partial charge in [0.15, 0.2) is 0 Å². The third-order valence-electron chi connectivity index (χ3n) is 4.34. The van der Waals surface area contributed by atoms with Crippen molar-refractivity contribution in [2.24, 2.45) is 5.41 Å². The first-order valence-electron chi connectivity index (χ1n) is 7.01. The molecule has 0 unspecified atom stereocenters. The molecule has 2 heterocycles. The summed E-state index contributed by atoms with van der Waals surface area (Å²) >= 11 is 0. The van der Waals surface area contributed by atoms with Crippen LogP contribution in [-0.4, -0.2) is 25.1 Å². The molecule has 1 fully saturated rings. The summed E-state index contributed by atoms with van der Waals surface area (Å²) in [5, 5.41) is 3.15. The summed E-state index contributed by atoms with van der Waals surface area (Å²) in [4.78, 5) is 7.00. The van der Waals surface area contributed by atoms with Crippen molar-refractivity contribution in [3.63, 3.8) is 0 Å². The maximum atomic E-state index is 4.58. The summed E-state index contributed by atoms with van der Waals surface area (Å²) in [6.07, 6.45) is 5.84. The Morgan fingerprint density at radius 1 is 1.33 bits per heavy atom. The van der Waals surface area contributed by atoms with E-state index in [1.807, 2.05) is 13.2 Å². The molecule has 0 radical (unpaired) electrons. The second kappa shape index (κ2) is 5.70. The van der Waals surface area contributed by atoms with Crippen molar-refractivity contribution in [2.45, 2.75) is 39.7 Å². The molecule has 1 aromatic heterocycles. The number of piperidine rings is 1. The number of rotatable bonds is 4. The molecular weight excluding hydrogens is 222 g/mol. The highest BCUT2D eigenvalue weighted by atomic mass is 15.2. The number of anilines is 1. The number of nitrogens with zero attached hydrogens (tertiary/aromatic N) is 2. The molecule has 1 aromatic rings. The predicted octanol–water partition coefficient (Wildman–Crippen LogP) is 2.82. The van der Waals surface area contributed by atoms with Crippen molar-refractivity contribution in [1.82, 2.24) is 10.3 Å². The van der Waals surface area contributed by atoms with Crippen LogP contribution in [0.2, 0.25) is 0 Å². The van der Waals surface area contributed by atoms with E-state index >= 15 is 0 Å². The van der Waals surface area contributed by atoms with Gasteiger partial charge in [0.2, 0.25) is 0 Å². The molecule has 1 aliphatic heterocycles. The van der Waals surface area contributed by atoms with Gasteiger partial charge in [-0.2, -0.15) is 0 Å². The van der Waals surface area contributed by atoms with Crippen LogP contribution in [0.15, 0.2) is 18.3 Å². The Labute approximate surface area is 111 Å². The van der Waals surface area contributed by atoms with Gasteiger partial charge in [0.1, 0.15) is 5.82 Å². The Morgan fingerprint density at radius 2 is 2.06 bits per heavy atom. The average molecular weight is 247 g/mol. The molecule has 0 aliphatic carbocycles. The number of pyridine rings is 1. The standard InChI is InChI=1S/C15H25N3/c1-4-15(2)7-9-18(10-8-15)14-6-5-13(11-16-3)12-17-14/h5-6,12,16H,4,7-11H2,1-3H3. The normalized spacial score (nSPS) is 18.9. The zero-order valence-corrected chi connectivity index (χ0v) is 11.9. The second-order valence-corrected chi connectivity index (χ2v) is 5.71. The Hall–Kier alpha value is -1.09. The van der Waals surface area contributed by atoms with Crippen LogP contribution in [0.25, 0.3) is 0 Å². The van der Waals surface area contributed by atoms with E-state index in [0.717, 1.165) is 25.5 Å². The van der Waals surface area contributed by atoms with Crippen LogP contribution in [0.1, 0.15) is 38.7 Å². The summed E-state index contributed by atoms with van der Waals surface area (Å²) in [6.45, 7) is 7.89. The third kappa shape index (κ3) is 3.02. The Balaban J connectivity index is 1.97. The number of nitrogens with one attached hydrogen (secondary N) is 1. The molecule has 18 heavy (non-hydrogen) atoms. The molecule has 3 nitrogen and oxygen atoms in total. The fraction of sp³-hybridized carbons (Fsp3) is 0.667. The molecule has 2 rings (SSSR count). The Bertz CT molecular complexity index is 364. The highest BCUT2D eigenvalue weighted by molar-refractivity contribution is 5.39. The largest absolute Gasteiger partial charge is 0.357 e. The first kappa shape index (κ1) is 13.3. The van der Waals surface area contributed by atoms with Gasteiger partial charge in [-0.1, -0.05) is 26.3 Å². The van der Waals surface area contributed by atoms with Gasteiger partial charge in [0.25, 0.3) is 0 Å². The second-order valence-electron chi connectivity index (χ2n) is 5.71. The van der Waals surface area contributed by atoms with Gasteiger partial charge < -0.3 is 10.2 Å². The number of hydrogen-bond acceptors (Lipinski definition) is 3. The monoisotopic (exact) mass is 247 g/mol. The van der Waals surface area contributed by atoms with Crippen LogP contribution < -0.4 is 10.2 Å². The molecule has 1 saturated heterocycles. The lowest BCUT2D eigenvalue weighted by atomic mass is 9.78. The zero-order chi connectivity index (χ0) is 13.0. The molecule has 3 heteroatoms. The van der Waals surface area contributed by atoms with E-state index in [1.165, 1.54) is 24.8 Å². The fourth-order valence-corrected chi connectivity index (χ4v) is 2.54. The highest BCUT2D eigenvalue weighted by Crippen LogP contribution is 2.35. The zero-order valence-electron chi connectivity index (χ0n) is 11.9. The summed E-state index contributed by atoms with van der Waals surface area (Å²) in [5.41, 5.74) is 1.79. The number of hydrogen-bond donors (Lipinski definition) is 1. The van der Waals surface area contributed by atoms with Crippen LogP contribution in [0.3, 0.4) is 0 Å². The molecule has 0 amide bonds. The van der Waals surface area contributed by atoms with Gasteiger partial charge >= 0.3 is 0 Å². The van der Waals surface area contributed by atoms with E-state index < -0.39 is 0 Å².